The lowest BCUT2D eigenvalue weighted by Crippen LogP contribution is -1.97. The number of fused-ring (bicyclic) bond motifs is 7. The van der Waals surface area contributed by atoms with Gasteiger partial charge in [0.05, 0.1) is 11.4 Å². The highest BCUT2D eigenvalue weighted by Crippen LogP contribution is 2.41. The molecule has 56 heavy (non-hydrogen) atoms. The van der Waals surface area contributed by atoms with Crippen molar-refractivity contribution < 1.29 is 0 Å². The van der Waals surface area contributed by atoms with Crippen molar-refractivity contribution in [2.45, 2.75) is 0 Å². The third-order valence-corrected chi connectivity index (χ3v) is 11.2. The molecule has 0 saturated carbocycles. The maximum Gasteiger partial charge on any atom is 0.160 e. The van der Waals surface area contributed by atoms with Crippen molar-refractivity contribution in [2.24, 2.45) is 0 Å². The van der Waals surface area contributed by atoms with Crippen molar-refractivity contribution in [1.82, 2.24) is 9.97 Å². The number of benzene rings is 10. The van der Waals surface area contributed by atoms with Crippen molar-refractivity contribution in [3.63, 3.8) is 0 Å². The fraction of sp³-hybridized carbons (Fsp3) is 0. The zero-order valence-electron chi connectivity index (χ0n) is 30.5. The predicted octanol–water partition coefficient (Wildman–Crippen LogP) is 14.6. The Bertz CT molecular complexity index is 3290. The lowest BCUT2D eigenvalue weighted by atomic mass is 9.89. The third kappa shape index (κ3) is 5.42. The minimum Gasteiger partial charge on any atom is -0.228 e. The first-order valence-electron chi connectivity index (χ1n) is 19.1. The first-order chi connectivity index (χ1) is 27.7. The van der Waals surface area contributed by atoms with E-state index in [0.717, 1.165) is 33.6 Å². The molecule has 0 spiro atoms. The molecule has 2 heteroatoms. The van der Waals surface area contributed by atoms with Gasteiger partial charge in [0.15, 0.2) is 5.82 Å². The Morgan fingerprint density at radius 3 is 1.61 bits per heavy atom. The monoisotopic (exact) mass is 710 g/mol. The summed E-state index contributed by atoms with van der Waals surface area (Å²) in [6.07, 6.45) is 0. The van der Waals surface area contributed by atoms with Crippen LogP contribution >= 0.6 is 0 Å². The van der Waals surface area contributed by atoms with Gasteiger partial charge in [-0.2, -0.15) is 0 Å². The highest BCUT2D eigenvalue weighted by molar-refractivity contribution is 6.20. The van der Waals surface area contributed by atoms with E-state index in [1.165, 1.54) is 70.6 Å². The van der Waals surface area contributed by atoms with Crippen LogP contribution in [-0.4, -0.2) is 9.97 Å². The Hall–Kier alpha value is -7.42. The smallest absolute Gasteiger partial charge is 0.160 e. The van der Waals surface area contributed by atoms with Crippen LogP contribution in [0.3, 0.4) is 0 Å². The molecular formula is C54H34N2. The zero-order chi connectivity index (χ0) is 37.0. The fourth-order valence-electron chi connectivity index (χ4n) is 8.53. The summed E-state index contributed by atoms with van der Waals surface area (Å²) < 4.78 is 0. The molecule has 0 aliphatic carbocycles. The van der Waals surface area contributed by atoms with Gasteiger partial charge in [-0.15, -0.1) is 0 Å². The van der Waals surface area contributed by atoms with Crippen LogP contribution in [0.15, 0.2) is 206 Å². The largest absolute Gasteiger partial charge is 0.228 e. The van der Waals surface area contributed by atoms with Crippen LogP contribution in [0.25, 0.3) is 110 Å². The summed E-state index contributed by atoms with van der Waals surface area (Å²) in [6, 6.07) is 74.0. The minimum atomic E-state index is 0.695. The summed E-state index contributed by atoms with van der Waals surface area (Å²) in [6.45, 7) is 0. The van der Waals surface area contributed by atoms with Gasteiger partial charge < -0.3 is 0 Å². The number of aromatic nitrogens is 2. The number of rotatable bonds is 5. The van der Waals surface area contributed by atoms with Crippen molar-refractivity contribution >= 4 is 53.9 Å². The second-order valence-corrected chi connectivity index (χ2v) is 14.5. The van der Waals surface area contributed by atoms with Gasteiger partial charge >= 0.3 is 0 Å². The lowest BCUT2D eigenvalue weighted by Gasteiger charge is -2.15. The van der Waals surface area contributed by atoms with E-state index in [-0.39, 0.29) is 0 Å². The SMILES string of the molecule is c1ccc(-c2cccc(-c3cc(-c4cc5ccccc5c5ccccc45)nc(-c4ccc(-c5c6ccccc6cc6c5ccc5ccccc56)cc4)n3)c2)cc1. The van der Waals surface area contributed by atoms with Crippen LogP contribution in [0.1, 0.15) is 0 Å². The molecule has 11 aromatic rings. The Morgan fingerprint density at radius 2 is 0.821 bits per heavy atom. The van der Waals surface area contributed by atoms with Crippen molar-refractivity contribution in [1.29, 1.82) is 0 Å². The molecule has 0 aliphatic heterocycles. The Kier molecular flexibility index (Phi) is 7.53. The molecule has 0 atom stereocenters. The maximum atomic E-state index is 5.36. The Morgan fingerprint density at radius 1 is 0.250 bits per heavy atom. The summed E-state index contributed by atoms with van der Waals surface area (Å²) in [5.41, 5.74) is 9.63. The molecule has 1 heterocycles. The van der Waals surface area contributed by atoms with E-state index in [0.29, 0.717) is 5.82 Å². The molecule has 260 valence electrons. The second-order valence-electron chi connectivity index (χ2n) is 14.5. The average molecular weight is 711 g/mol. The van der Waals surface area contributed by atoms with E-state index in [9.17, 15) is 0 Å². The molecular weight excluding hydrogens is 677 g/mol. The lowest BCUT2D eigenvalue weighted by molar-refractivity contribution is 1.19. The van der Waals surface area contributed by atoms with Gasteiger partial charge in [0.2, 0.25) is 0 Å². The highest BCUT2D eigenvalue weighted by Gasteiger charge is 2.17. The van der Waals surface area contributed by atoms with E-state index in [1.807, 2.05) is 0 Å². The molecule has 0 unspecified atom stereocenters. The summed E-state index contributed by atoms with van der Waals surface area (Å²) in [4.78, 5) is 10.7. The number of hydrogen-bond acceptors (Lipinski definition) is 2. The van der Waals surface area contributed by atoms with Crippen LogP contribution in [0, 0.1) is 0 Å². The molecule has 1 aromatic heterocycles. The first-order valence-corrected chi connectivity index (χ1v) is 19.1. The van der Waals surface area contributed by atoms with Crippen molar-refractivity contribution in [3.8, 4) is 56.2 Å². The number of hydrogen-bond donors (Lipinski definition) is 0. The van der Waals surface area contributed by atoms with E-state index >= 15 is 0 Å². The number of nitrogens with zero attached hydrogens (tertiary/aromatic N) is 2. The van der Waals surface area contributed by atoms with Gasteiger partial charge in [-0.25, -0.2) is 9.97 Å². The normalized spacial score (nSPS) is 11.6. The van der Waals surface area contributed by atoms with Gasteiger partial charge in [0, 0.05) is 16.7 Å². The van der Waals surface area contributed by atoms with E-state index in [1.54, 1.807) is 0 Å². The molecule has 2 nitrogen and oxygen atoms in total. The first kappa shape index (κ1) is 32.0. The second kappa shape index (κ2) is 13.2. The summed E-state index contributed by atoms with van der Waals surface area (Å²) in [5.74, 6) is 0.695. The Balaban J connectivity index is 1.11. The fourth-order valence-corrected chi connectivity index (χ4v) is 8.53. The molecule has 0 saturated heterocycles. The van der Waals surface area contributed by atoms with E-state index in [4.69, 9.17) is 9.97 Å². The van der Waals surface area contributed by atoms with E-state index in [2.05, 4.69) is 206 Å². The van der Waals surface area contributed by atoms with Gasteiger partial charge in [0.25, 0.3) is 0 Å². The van der Waals surface area contributed by atoms with Crippen LogP contribution < -0.4 is 0 Å². The quantitative estimate of drug-likeness (QED) is 0.131. The molecule has 0 N–H and O–H groups in total. The molecule has 10 aromatic carbocycles. The zero-order valence-corrected chi connectivity index (χ0v) is 30.5. The van der Waals surface area contributed by atoms with Crippen molar-refractivity contribution in [2.75, 3.05) is 0 Å². The molecule has 0 radical (unpaired) electrons. The molecule has 0 fully saturated rings. The molecule has 11 rings (SSSR count). The molecule has 0 amide bonds. The van der Waals surface area contributed by atoms with Gasteiger partial charge in [-0.1, -0.05) is 182 Å². The van der Waals surface area contributed by atoms with Gasteiger partial charge in [-0.3, -0.25) is 0 Å². The maximum absolute atomic E-state index is 5.36. The molecule has 0 aliphatic rings. The predicted molar refractivity (Wildman–Crippen MR) is 237 cm³/mol. The summed E-state index contributed by atoms with van der Waals surface area (Å²) >= 11 is 0. The minimum absolute atomic E-state index is 0.695. The van der Waals surface area contributed by atoms with Gasteiger partial charge in [-0.05, 0) is 100 Å². The Labute approximate surface area is 325 Å². The van der Waals surface area contributed by atoms with Gasteiger partial charge in [0.1, 0.15) is 0 Å². The molecule has 0 bridgehead atoms. The van der Waals surface area contributed by atoms with Crippen molar-refractivity contribution in [3.05, 3.63) is 206 Å². The standard InChI is InChI=1S/C54H34N2/c1-2-13-35(14-3-1)39-18-12-19-42(31-39)51-34-52(50-33-40-16-5-8-21-44(40)46-23-10-11-24-47(46)50)56-54(55-51)38-27-25-37(26-28-38)53-45-22-9-6-17-41(45)32-49-43-20-7-4-15-36(43)29-30-48(49)53/h1-34H. The van der Waals surface area contributed by atoms with Crippen LogP contribution in [0.5, 0.6) is 0 Å². The highest BCUT2D eigenvalue weighted by atomic mass is 14.9. The van der Waals surface area contributed by atoms with Crippen LogP contribution in [0.2, 0.25) is 0 Å². The summed E-state index contributed by atoms with van der Waals surface area (Å²) in [5, 5.41) is 12.3. The van der Waals surface area contributed by atoms with Crippen LogP contribution in [-0.2, 0) is 0 Å². The topological polar surface area (TPSA) is 25.8 Å². The average Bonchev–Trinajstić information content (AvgIpc) is 3.28. The van der Waals surface area contributed by atoms with Crippen LogP contribution in [0.4, 0.5) is 0 Å². The third-order valence-electron chi connectivity index (χ3n) is 11.2. The van der Waals surface area contributed by atoms with E-state index < -0.39 is 0 Å². The summed E-state index contributed by atoms with van der Waals surface area (Å²) in [7, 11) is 0.